The summed E-state index contributed by atoms with van der Waals surface area (Å²) < 4.78 is 5.19. The minimum absolute atomic E-state index is 0.105. The SMILES string of the molecule is CCNC(=O)[C@H](C)OC(=O)[C@H]1CC(=O)N(c2ccc(CC)cc2)C1. The molecule has 2 amide bonds. The van der Waals surface area contributed by atoms with Gasteiger partial charge in [-0.1, -0.05) is 19.1 Å². The average Bonchev–Trinajstić information content (AvgIpc) is 2.97. The molecule has 0 aromatic heterocycles. The molecule has 1 aliphatic heterocycles. The molecular weight excluding hydrogens is 308 g/mol. The van der Waals surface area contributed by atoms with Crippen molar-refractivity contribution in [2.45, 2.75) is 39.7 Å². The van der Waals surface area contributed by atoms with Crippen molar-refractivity contribution in [3.63, 3.8) is 0 Å². The van der Waals surface area contributed by atoms with Crippen LogP contribution >= 0.6 is 0 Å². The number of carbonyl (C=O) groups is 3. The Bertz CT molecular complexity index is 612. The molecule has 2 atom stereocenters. The maximum atomic E-state index is 12.2. The third-order valence-electron chi connectivity index (χ3n) is 4.13. The Labute approximate surface area is 142 Å². The fraction of sp³-hybridized carbons (Fsp3) is 0.500. The summed E-state index contributed by atoms with van der Waals surface area (Å²) in [6.45, 7) is 6.15. The van der Waals surface area contributed by atoms with Crippen molar-refractivity contribution in [1.29, 1.82) is 0 Å². The molecule has 1 aromatic rings. The summed E-state index contributed by atoms with van der Waals surface area (Å²) in [5.74, 6) is -1.48. The molecule has 1 heterocycles. The Hall–Kier alpha value is -2.37. The largest absolute Gasteiger partial charge is 0.452 e. The first-order chi connectivity index (χ1) is 11.5. The van der Waals surface area contributed by atoms with Crippen molar-refractivity contribution in [2.24, 2.45) is 5.92 Å². The molecule has 1 saturated heterocycles. The van der Waals surface area contributed by atoms with Gasteiger partial charge in [-0.2, -0.15) is 0 Å². The lowest BCUT2D eigenvalue weighted by Crippen LogP contribution is -2.37. The van der Waals surface area contributed by atoms with Gasteiger partial charge in [0.1, 0.15) is 0 Å². The summed E-state index contributed by atoms with van der Waals surface area (Å²) in [4.78, 5) is 37.6. The highest BCUT2D eigenvalue weighted by Gasteiger charge is 2.37. The van der Waals surface area contributed by atoms with Crippen LogP contribution in [0.3, 0.4) is 0 Å². The summed E-state index contributed by atoms with van der Waals surface area (Å²) in [6.07, 6.45) is 0.183. The molecule has 0 bridgehead atoms. The fourth-order valence-electron chi connectivity index (χ4n) is 2.67. The molecule has 130 valence electrons. The first kappa shape index (κ1) is 18.0. The number of likely N-dealkylation sites (N-methyl/N-ethyl adjacent to an activating group) is 1. The zero-order valence-electron chi connectivity index (χ0n) is 14.4. The molecule has 6 nitrogen and oxygen atoms in total. The van der Waals surface area contributed by atoms with E-state index in [-0.39, 0.29) is 24.8 Å². The van der Waals surface area contributed by atoms with E-state index in [4.69, 9.17) is 4.74 Å². The third kappa shape index (κ3) is 4.13. The highest BCUT2D eigenvalue weighted by Crippen LogP contribution is 2.26. The van der Waals surface area contributed by atoms with E-state index >= 15 is 0 Å². The molecule has 24 heavy (non-hydrogen) atoms. The molecule has 0 saturated carbocycles. The summed E-state index contributed by atoms with van der Waals surface area (Å²) in [5.41, 5.74) is 1.97. The number of nitrogens with zero attached hydrogens (tertiary/aromatic N) is 1. The Morgan fingerprint density at radius 2 is 1.96 bits per heavy atom. The first-order valence-electron chi connectivity index (χ1n) is 8.33. The van der Waals surface area contributed by atoms with E-state index in [1.54, 1.807) is 11.8 Å². The van der Waals surface area contributed by atoms with E-state index < -0.39 is 18.0 Å². The van der Waals surface area contributed by atoms with Gasteiger partial charge in [-0.25, -0.2) is 0 Å². The number of benzene rings is 1. The van der Waals surface area contributed by atoms with Crippen molar-refractivity contribution in [3.05, 3.63) is 29.8 Å². The van der Waals surface area contributed by atoms with Crippen molar-refractivity contribution in [1.82, 2.24) is 5.32 Å². The maximum Gasteiger partial charge on any atom is 0.312 e. The molecule has 1 aromatic carbocycles. The van der Waals surface area contributed by atoms with Gasteiger partial charge >= 0.3 is 5.97 Å². The number of rotatable bonds is 6. The molecule has 0 spiro atoms. The van der Waals surface area contributed by atoms with Gasteiger partial charge in [0.05, 0.1) is 5.92 Å². The van der Waals surface area contributed by atoms with Crippen LogP contribution in [0, 0.1) is 5.92 Å². The monoisotopic (exact) mass is 332 g/mol. The lowest BCUT2D eigenvalue weighted by Gasteiger charge is -2.18. The summed E-state index contributed by atoms with van der Waals surface area (Å²) in [7, 11) is 0. The number of carbonyl (C=O) groups excluding carboxylic acids is 3. The topological polar surface area (TPSA) is 75.7 Å². The van der Waals surface area contributed by atoms with Gasteiger partial charge in [0.15, 0.2) is 6.10 Å². The van der Waals surface area contributed by atoms with E-state index in [1.165, 1.54) is 12.5 Å². The standard InChI is InChI=1S/C18H24N2O4/c1-4-13-6-8-15(9-7-13)20-11-14(10-16(20)21)18(23)24-12(3)17(22)19-5-2/h6-9,12,14H,4-5,10-11H2,1-3H3,(H,19,22)/t12-,14-/m0/s1. The molecule has 6 heteroatoms. The fourth-order valence-corrected chi connectivity index (χ4v) is 2.67. The van der Waals surface area contributed by atoms with Gasteiger partial charge in [0, 0.05) is 25.2 Å². The number of ether oxygens (including phenoxy) is 1. The second-order valence-electron chi connectivity index (χ2n) is 5.90. The number of aryl methyl sites for hydroxylation is 1. The Morgan fingerprint density at radius 1 is 1.29 bits per heavy atom. The summed E-state index contributed by atoms with van der Waals surface area (Å²) >= 11 is 0. The average molecular weight is 332 g/mol. The van der Waals surface area contributed by atoms with E-state index in [9.17, 15) is 14.4 Å². The molecule has 0 aliphatic carbocycles. The molecule has 1 aliphatic rings. The van der Waals surface area contributed by atoms with E-state index in [1.807, 2.05) is 24.3 Å². The predicted octanol–water partition coefficient (Wildman–Crippen LogP) is 1.67. The van der Waals surface area contributed by atoms with Crippen LogP contribution < -0.4 is 10.2 Å². The lowest BCUT2D eigenvalue weighted by molar-refractivity contribution is -0.158. The molecular formula is C18H24N2O4. The van der Waals surface area contributed by atoms with Crippen LogP contribution in [-0.2, 0) is 25.5 Å². The highest BCUT2D eigenvalue weighted by molar-refractivity contribution is 5.99. The Kier molecular flexibility index (Phi) is 5.95. The van der Waals surface area contributed by atoms with Gasteiger partial charge in [-0.15, -0.1) is 0 Å². The number of esters is 1. The van der Waals surface area contributed by atoms with Crippen LogP contribution in [0.1, 0.15) is 32.8 Å². The van der Waals surface area contributed by atoms with Crippen LogP contribution in [0.5, 0.6) is 0 Å². The zero-order chi connectivity index (χ0) is 17.7. The molecule has 1 N–H and O–H groups in total. The van der Waals surface area contributed by atoms with Gasteiger partial charge in [-0.3, -0.25) is 14.4 Å². The predicted molar refractivity (Wildman–Crippen MR) is 90.5 cm³/mol. The Morgan fingerprint density at radius 3 is 2.54 bits per heavy atom. The van der Waals surface area contributed by atoms with E-state index in [2.05, 4.69) is 12.2 Å². The van der Waals surface area contributed by atoms with E-state index in [0.29, 0.717) is 6.54 Å². The molecule has 0 unspecified atom stereocenters. The zero-order valence-corrected chi connectivity index (χ0v) is 14.4. The third-order valence-corrected chi connectivity index (χ3v) is 4.13. The molecule has 0 radical (unpaired) electrons. The number of nitrogens with one attached hydrogen (secondary N) is 1. The van der Waals surface area contributed by atoms with Crippen molar-refractivity contribution < 1.29 is 19.1 Å². The van der Waals surface area contributed by atoms with Crippen molar-refractivity contribution >= 4 is 23.5 Å². The number of amides is 2. The molecule has 2 rings (SSSR count). The first-order valence-corrected chi connectivity index (χ1v) is 8.33. The van der Waals surface area contributed by atoms with Gasteiger partial charge in [0.2, 0.25) is 5.91 Å². The summed E-state index contributed by atoms with van der Waals surface area (Å²) in [5, 5.41) is 2.60. The number of hydrogen-bond donors (Lipinski definition) is 1. The van der Waals surface area contributed by atoms with Crippen LogP contribution in [0.4, 0.5) is 5.69 Å². The number of hydrogen-bond acceptors (Lipinski definition) is 4. The second kappa shape index (κ2) is 7.95. The van der Waals surface area contributed by atoms with Crippen LogP contribution in [0.15, 0.2) is 24.3 Å². The minimum Gasteiger partial charge on any atom is -0.452 e. The normalized spacial score (nSPS) is 18.4. The maximum absolute atomic E-state index is 12.2. The van der Waals surface area contributed by atoms with Gasteiger partial charge < -0.3 is 15.0 Å². The minimum atomic E-state index is -0.856. The highest BCUT2D eigenvalue weighted by atomic mass is 16.5. The van der Waals surface area contributed by atoms with E-state index in [0.717, 1.165) is 12.1 Å². The number of anilines is 1. The quantitative estimate of drug-likeness (QED) is 0.804. The van der Waals surface area contributed by atoms with Gasteiger partial charge in [-0.05, 0) is 38.0 Å². The van der Waals surface area contributed by atoms with Gasteiger partial charge in [0.25, 0.3) is 5.91 Å². The van der Waals surface area contributed by atoms with Crippen molar-refractivity contribution in [2.75, 3.05) is 18.0 Å². The second-order valence-corrected chi connectivity index (χ2v) is 5.90. The van der Waals surface area contributed by atoms with Crippen LogP contribution in [-0.4, -0.2) is 37.0 Å². The van der Waals surface area contributed by atoms with Crippen LogP contribution in [0.2, 0.25) is 0 Å². The van der Waals surface area contributed by atoms with Crippen LogP contribution in [0.25, 0.3) is 0 Å². The lowest BCUT2D eigenvalue weighted by atomic mass is 10.1. The smallest absolute Gasteiger partial charge is 0.312 e. The Balaban J connectivity index is 1.98. The van der Waals surface area contributed by atoms with Crippen molar-refractivity contribution in [3.8, 4) is 0 Å². The molecule has 1 fully saturated rings. The summed E-state index contributed by atoms with van der Waals surface area (Å²) in [6, 6.07) is 7.74.